The van der Waals surface area contributed by atoms with Gasteiger partial charge in [-0.15, -0.1) is 0 Å². The fourth-order valence-corrected chi connectivity index (χ4v) is 2.00. The van der Waals surface area contributed by atoms with Crippen LogP contribution in [0.15, 0.2) is 53.5 Å². The van der Waals surface area contributed by atoms with Crippen LogP contribution in [0, 0.1) is 0 Å². The molecule has 7 nitrogen and oxygen atoms in total. The van der Waals surface area contributed by atoms with Gasteiger partial charge in [-0.05, 0) is 30.5 Å². The molecule has 0 N–H and O–H groups in total. The van der Waals surface area contributed by atoms with Gasteiger partial charge in [0, 0.05) is 23.2 Å². The lowest BCUT2D eigenvalue weighted by atomic mass is 10.1. The third-order valence-electron chi connectivity index (χ3n) is 3.07. The molecule has 0 aliphatic rings. The largest absolute Gasteiger partial charge is 0.462 e. The van der Waals surface area contributed by atoms with E-state index in [4.69, 9.17) is 10.3 Å². The van der Waals surface area contributed by atoms with E-state index < -0.39 is 5.97 Å². The van der Waals surface area contributed by atoms with Crippen molar-refractivity contribution < 1.29 is 9.53 Å². The highest BCUT2D eigenvalue weighted by molar-refractivity contribution is 5.93. The van der Waals surface area contributed by atoms with Gasteiger partial charge in [-0.3, -0.25) is 4.68 Å². The highest BCUT2D eigenvalue weighted by Crippen LogP contribution is 2.10. The normalized spacial score (nSPS) is 10.9. The quantitative estimate of drug-likeness (QED) is 0.258. The van der Waals surface area contributed by atoms with Crippen LogP contribution in [0.4, 0.5) is 0 Å². The van der Waals surface area contributed by atoms with E-state index in [1.165, 1.54) is 11.6 Å². The predicted octanol–water partition coefficient (Wildman–Crippen LogP) is 3.34. The van der Waals surface area contributed by atoms with Crippen molar-refractivity contribution in [1.82, 2.24) is 9.78 Å². The van der Waals surface area contributed by atoms with Gasteiger partial charge in [0.25, 0.3) is 0 Å². The van der Waals surface area contributed by atoms with Crippen LogP contribution in [-0.4, -0.2) is 22.4 Å². The SMILES string of the molecule is CCOC(=O)C(=Cc1cnn(CCc2ccccc2)c1)N=[N+]=[N-]. The summed E-state index contributed by atoms with van der Waals surface area (Å²) in [6, 6.07) is 10.1. The van der Waals surface area contributed by atoms with Gasteiger partial charge in [0.05, 0.1) is 12.8 Å². The second kappa shape index (κ2) is 8.41. The summed E-state index contributed by atoms with van der Waals surface area (Å²) in [5, 5.41) is 7.61. The van der Waals surface area contributed by atoms with E-state index >= 15 is 0 Å². The Labute approximate surface area is 133 Å². The Morgan fingerprint density at radius 1 is 1.43 bits per heavy atom. The van der Waals surface area contributed by atoms with Crippen molar-refractivity contribution in [2.24, 2.45) is 5.11 Å². The zero-order valence-electron chi connectivity index (χ0n) is 12.8. The molecule has 0 saturated heterocycles. The molecule has 1 aromatic heterocycles. The van der Waals surface area contributed by atoms with Crippen LogP contribution in [0.3, 0.4) is 0 Å². The van der Waals surface area contributed by atoms with E-state index in [1.54, 1.807) is 24.0 Å². The lowest BCUT2D eigenvalue weighted by Crippen LogP contribution is -2.05. The summed E-state index contributed by atoms with van der Waals surface area (Å²) in [6.07, 6.45) is 5.71. The molecule has 0 amide bonds. The summed E-state index contributed by atoms with van der Waals surface area (Å²) in [5.74, 6) is -0.651. The first-order chi connectivity index (χ1) is 11.2. The van der Waals surface area contributed by atoms with E-state index in [0.717, 1.165) is 6.42 Å². The number of hydrogen-bond donors (Lipinski definition) is 0. The maximum atomic E-state index is 11.7. The molecule has 0 bridgehead atoms. The van der Waals surface area contributed by atoms with Gasteiger partial charge >= 0.3 is 5.97 Å². The molecular formula is C16H17N5O2. The zero-order chi connectivity index (χ0) is 16.5. The Bertz CT molecular complexity index is 730. The second-order valence-corrected chi connectivity index (χ2v) is 4.71. The lowest BCUT2D eigenvalue weighted by molar-refractivity contribution is -0.138. The molecule has 2 rings (SSSR count). The maximum absolute atomic E-state index is 11.7. The van der Waals surface area contributed by atoms with Gasteiger partial charge in [-0.2, -0.15) is 5.10 Å². The molecule has 0 radical (unpaired) electrons. The van der Waals surface area contributed by atoms with Crippen molar-refractivity contribution >= 4 is 12.0 Å². The Morgan fingerprint density at radius 3 is 2.91 bits per heavy atom. The van der Waals surface area contributed by atoms with Gasteiger partial charge in [0.1, 0.15) is 5.70 Å². The highest BCUT2D eigenvalue weighted by Gasteiger charge is 2.09. The van der Waals surface area contributed by atoms with E-state index in [-0.39, 0.29) is 12.3 Å². The molecule has 0 spiro atoms. The number of esters is 1. The van der Waals surface area contributed by atoms with E-state index in [1.807, 2.05) is 18.2 Å². The number of azide groups is 1. The minimum absolute atomic E-state index is 0.0861. The number of carbonyl (C=O) groups excluding carboxylic acids is 1. The number of ether oxygens (including phenoxy) is 1. The molecule has 0 unspecified atom stereocenters. The molecule has 1 aromatic carbocycles. The van der Waals surface area contributed by atoms with Gasteiger partial charge < -0.3 is 4.74 Å². The Kier molecular flexibility index (Phi) is 5.97. The number of carbonyl (C=O) groups is 1. The molecule has 23 heavy (non-hydrogen) atoms. The van der Waals surface area contributed by atoms with Gasteiger partial charge in [-0.1, -0.05) is 35.4 Å². The van der Waals surface area contributed by atoms with Crippen molar-refractivity contribution in [2.75, 3.05) is 6.61 Å². The molecule has 118 valence electrons. The summed E-state index contributed by atoms with van der Waals surface area (Å²) in [5.41, 5.74) is 10.3. The summed E-state index contributed by atoms with van der Waals surface area (Å²) < 4.78 is 6.62. The number of benzene rings is 1. The zero-order valence-corrected chi connectivity index (χ0v) is 12.8. The summed E-state index contributed by atoms with van der Waals surface area (Å²) in [7, 11) is 0. The van der Waals surface area contributed by atoms with E-state index in [2.05, 4.69) is 27.3 Å². The third kappa shape index (κ3) is 5.01. The standard InChI is InChI=1S/C16H17N5O2/c1-2-23-16(22)15(19-20-17)10-14-11-18-21(12-14)9-8-13-6-4-3-5-7-13/h3-7,10-12H,2,8-9H2,1H3. The van der Waals surface area contributed by atoms with Crippen molar-refractivity contribution in [3.63, 3.8) is 0 Å². The van der Waals surface area contributed by atoms with E-state index in [0.29, 0.717) is 12.1 Å². The Morgan fingerprint density at radius 2 is 2.22 bits per heavy atom. The van der Waals surface area contributed by atoms with Gasteiger partial charge in [0.2, 0.25) is 0 Å². The topological polar surface area (TPSA) is 92.9 Å². The van der Waals surface area contributed by atoms with Crippen molar-refractivity contribution in [1.29, 1.82) is 0 Å². The minimum Gasteiger partial charge on any atom is -0.462 e. The second-order valence-electron chi connectivity index (χ2n) is 4.71. The predicted molar refractivity (Wildman–Crippen MR) is 86.1 cm³/mol. The van der Waals surface area contributed by atoms with Gasteiger partial charge in [0.15, 0.2) is 0 Å². The lowest BCUT2D eigenvalue weighted by Gasteiger charge is -2.01. The Balaban J connectivity index is 2.06. The van der Waals surface area contributed by atoms with Crippen LogP contribution in [0.25, 0.3) is 16.5 Å². The monoisotopic (exact) mass is 311 g/mol. The maximum Gasteiger partial charge on any atom is 0.340 e. The van der Waals surface area contributed by atoms with Crippen LogP contribution < -0.4 is 0 Å². The third-order valence-corrected chi connectivity index (χ3v) is 3.07. The van der Waals surface area contributed by atoms with Crippen molar-refractivity contribution in [2.45, 2.75) is 19.9 Å². The van der Waals surface area contributed by atoms with Crippen LogP contribution in [0.5, 0.6) is 0 Å². The van der Waals surface area contributed by atoms with Crippen molar-refractivity contribution in [3.05, 3.63) is 70.0 Å². The number of hydrogen-bond acceptors (Lipinski definition) is 4. The molecule has 0 atom stereocenters. The van der Waals surface area contributed by atoms with Gasteiger partial charge in [-0.25, -0.2) is 4.79 Å². The molecular weight excluding hydrogens is 294 g/mol. The molecule has 7 heteroatoms. The van der Waals surface area contributed by atoms with Crippen LogP contribution in [-0.2, 0) is 22.5 Å². The average molecular weight is 311 g/mol. The average Bonchev–Trinajstić information content (AvgIpc) is 3.01. The summed E-state index contributed by atoms with van der Waals surface area (Å²) >= 11 is 0. The number of rotatable bonds is 7. The summed E-state index contributed by atoms with van der Waals surface area (Å²) in [4.78, 5) is 14.3. The van der Waals surface area contributed by atoms with Crippen LogP contribution in [0.2, 0.25) is 0 Å². The summed E-state index contributed by atoms with van der Waals surface area (Å²) in [6.45, 7) is 2.62. The molecule has 2 aromatic rings. The first-order valence-corrected chi connectivity index (χ1v) is 7.23. The molecule has 1 heterocycles. The smallest absolute Gasteiger partial charge is 0.340 e. The van der Waals surface area contributed by atoms with E-state index in [9.17, 15) is 4.79 Å². The molecule has 0 saturated carbocycles. The number of aromatic nitrogens is 2. The Hall–Kier alpha value is -3.05. The first kappa shape index (κ1) is 16.3. The van der Waals surface area contributed by atoms with Crippen molar-refractivity contribution in [3.8, 4) is 0 Å². The van der Waals surface area contributed by atoms with Crippen LogP contribution >= 0.6 is 0 Å². The highest BCUT2D eigenvalue weighted by atomic mass is 16.5. The first-order valence-electron chi connectivity index (χ1n) is 7.23. The molecule has 0 aliphatic heterocycles. The number of aryl methyl sites for hydroxylation is 2. The van der Waals surface area contributed by atoms with Crippen LogP contribution in [0.1, 0.15) is 18.1 Å². The molecule has 0 fully saturated rings. The molecule has 0 aliphatic carbocycles. The minimum atomic E-state index is -0.651. The fraction of sp³-hybridized carbons (Fsp3) is 0.250. The fourth-order valence-electron chi connectivity index (χ4n) is 2.00. The number of nitrogens with zero attached hydrogens (tertiary/aromatic N) is 5.